The van der Waals surface area contributed by atoms with Gasteiger partial charge < -0.3 is 0 Å². The van der Waals surface area contributed by atoms with E-state index in [-0.39, 0.29) is 5.56 Å². The van der Waals surface area contributed by atoms with Gasteiger partial charge in [-0.25, -0.2) is 13.8 Å². The molecule has 0 atom stereocenters. The number of hydrogen-bond acceptors (Lipinski definition) is 4. The van der Waals surface area contributed by atoms with Crippen molar-refractivity contribution in [3.63, 3.8) is 0 Å². The minimum absolute atomic E-state index is 0.00398. The van der Waals surface area contributed by atoms with Crippen LogP contribution in [0.5, 0.6) is 0 Å². The Labute approximate surface area is 83.1 Å². The summed E-state index contributed by atoms with van der Waals surface area (Å²) in [7, 11) is 0. The van der Waals surface area contributed by atoms with Crippen molar-refractivity contribution in [2.75, 3.05) is 0 Å². The number of nitriles is 1. The van der Waals surface area contributed by atoms with Crippen LogP contribution in [0.3, 0.4) is 0 Å². The molecule has 0 fully saturated rings. The van der Waals surface area contributed by atoms with Crippen molar-refractivity contribution >= 4 is 5.69 Å². The summed E-state index contributed by atoms with van der Waals surface area (Å²) in [5.41, 5.74) is -1.76. The number of halogens is 2. The molecule has 0 aliphatic heterocycles. The average Bonchev–Trinajstić information content (AvgIpc) is 2.16. The number of aryl methyl sites for hydroxylation is 1. The van der Waals surface area contributed by atoms with Gasteiger partial charge in [-0.05, 0) is 12.5 Å². The van der Waals surface area contributed by atoms with E-state index in [1.807, 2.05) is 0 Å². The first-order valence-corrected chi connectivity index (χ1v) is 3.81. The maximum absolute atomic E-state index is 12.3. The summed E-state index contributed by atoms with van der Waals surface area (Å²) < 4.78 is 24.7. The zero-order chi connectivity index (χ0) is 11.6. The van der Waals surface area contributed by atoms with E-state index in [9.17, 15) is 18.9 Å². The fraction of sp³-hybridized carbons (Fsp3) is 0.250. The molecule has 1 heterocycles. The van der Waals surface area contributed by atoms with Crippen LogP contribution in [0.15, 0.2) is 6.07 Å². The zero-order valence-electron chi connectivity index (χ0n) is 7.57. The van der Waals surface area contributed by atoms with Crippen molar-refractivity contribution in [1.82, 2.24) is 4.98 Å². The van der Waals surface area contributed by atoms with Gasteiger partial charge in [0, 0.05) is 6.07 Å². The summed E-state index contributed by atoms with van der Waals surface area (Å²) in [6.45, 7) is 1.28. The lowest BCUT2D eigenvalue weighted by Crippen LogP contribution is -2.02. The summed E-state index contributed by atoms with van der Waals surface area (Å²) in [4.78, 5) is 12.9. The molecule has 78 valence electrons. The second-order valence-electron chi connectivity index (χ2n) is 2.73. The van der Waals surface area contributed by atoms with Crippen LogP contribution in [0, 0.1) is 28.4 Å². The van der Waals surface area contributed by atoms with Gasteiger partial charge >= 0.3 is 5.69 Å². The van der Waals surface area contributed by atoms with Crippen molar-refractivity contribution in [3.8, 4) is 6.07 Å². The number of pyridine rings is 1. The zero-order valence-corrected chi connectivity index (χ0v) is 7.57. The van der Waals surface area contributed by atoms with Crippen LogP contribution in [-0.4, -0.2) is 9.91 Å². The number of nitrogens with zero attached hydrogens (tertiary/aromatic N) is 3. The van der Waals surface area contributed by atoms with Crippen LogP contribution >= 0.6 is 0 Å². The lowest BCUT2D eigenvalue weighted by Gasteiger charge is -2.03. The van der Waals surface area contributed by atoms with Crippen molar-refractivity contribution in [2.24, 2.45) is 0 Å². The molecule has 0 amide bonds. The molecule has 0 saturated carbocycles. The Bertz CT molecular complexity index is 454. The molecule has 0 aliphatic rings. The quantitative estimate of drug-likeness (QED) is 0.556. The number of hydrogen-bond donors (Lipinski definition) is 0. The van der Waals surface area contributed by atoms with Gasteiger partial charge in [0.15, 0.2) is 0 Å². The predicted molar refractivity (Wildman–Crippen MR) is 45.3 cm³/mol. The van der Waals surface area contributed by atoms with Gasteiger partial charge in [-0.15, -0.1) is 0 Å². The standard InChI is InChI=1S/C8H5F2N3O2/c1-4-2-6(13(14)15)5(3-11)12-7(4)8(9)10/h2,8H,1H3. The van der Waals surface area contributed by atoms with Gasteiger partial charge in [0.2, 0.25) is 5.69 Å². The molecular weight excluding hydrogens is 208 g/mol. The fourth-order valence-electron chi connectivity index (χ4n) is 1.06. The summed E-state index contributed by atoms with van der Waals surface area (Å²) in [6.07, 6.45) is -2.85. The molecule has 7 heteroatoms. The molecule has 0 unspecified atom stereocenters. The maximum atomic E-state index is 12.3. The van der Waals surface area contributed by atoms with E-state index in [1.165, 1.54) is 13.0 Å². The Morgan fingerprint density at radius 1 is 1.67 bits per heavy atom. The van der Waals surface area contributed by atoms with Crippen molar-refractivity contribution in [1.29, 1.82) is 5.26 Å². The van der Waals surface area contributed by atoms with E-state index < -0.39 is 28.4 Å². The number of rotatable bonds is 2. The van der Waals surface area contributed by atoms with Crippen molar-refractivity contribution in [3.05, 3.63) is 33.1 Å². The lowest BCUT2D eigenvalue weighted by atomic mass is 10.1. The highest BCUT2D eigenvalue weighted by atomic mass is 19.3. The third kappa shape index (κ3) is 2.04. The van der Waals surface area contributed by atoms with E-state index in [0.29, 0.717) is 0 Å². The molecule has 0 saturated heterocycles. The molecule has 0 N–H and O–H groups in total. The number of alkyl halides is 2. The molecular formula is C8H5F2N3O2. The van der Waals surface area contributed by atoms with Crippen LogP contribution in [0.1, 0.15) is 23.4 Å². The van der Waals surface area contributed by atoms with Crippen LogP contribution in [0.25, 0.3) is 0 Å². The highest BCUT2D eigenvalue weighted by Gasteiger charge is 2.21. The van der Waals surface area contributed by atoms with Gasteiger partial charge in [0.1, 0.15) is 11.8 Å². The Hall–Kier alpha value is -2.10. The molecule has 0 aromatic carbocycles. The van der Waals surface area contributed by atoms with E-state index in [0.717, 1.165) is 6.07 Å². The van der Waals surface area contributed by atoms with Gasteiger partial charge in [0.05, 0.1) is 4.92 Å². The first-order valence-electron chi connectivity index (χ1n) is 3.81. The van der Waals surface area contributed by atoms with E-state index >= 15 is 0 Å². The minimum atomic E-state index is -2.85. The summed E-state index contributed by atoms with van der Waals surface area (Å²) in [5, 5.41) is 18.9. The fourth-order valence-corrected chi connectivity index (χ4v) is 1.06. The van der Waals surface area contributed by atoms with Crippen molar-refractivity contribution < 1.29 is 13.7 Å². The predicted octanol–water partition coefficient (Wildman–Crippen LogP) is 2.11. The minimum Gasteiger partial charge on any atom is -0.258 e. The molecule has 0 bridgehead atoms. The maximum Gasteiger partial charge on any atom is 0.305 e. The monoisotopic (exact) mass is 213 g/mol. The van der Waals surface area contributed by atoms with E-state index in [4.69, 9.17) is 5.26 Å². The third-order valence-corrected chi connectivity index (χ3v) is 1.74. The van der Waals surface area contributed by atoms with Crippen LogP contribution in [0.4, 0.5) is 14.5 Å². The molecule has 1 aromatic heterocycles. The van der Waals surface area contributed by atoms with Gasteiger partial charge in [-0.3, -0.25) is 10.1 Å². The third-order valence-electron chi connectivity index (χ3n) is 1.74. The van der Waals surface area contributed by atoms with Gasteiger partial charge in [0.25, 0.3) is 6.43 Å². The second kappa shape index (κ2) is 3.96. The van der Waals surface area contributed by atoms with Crippen LogP contribution in [0.2, 0.25) is 0 Å². The van der Waals surface area contributed by atoms with Crippen molar-refractivity contribution in [2.45, 2.75) is 13.3 Å². The molecule has 0 radical (unpaired) electrons. The van der Waals surface area contributed by atoms with E-state index in [2.05, 4.69) is 4.98 Å². The van der Waals surface area contributed by atoms with Crippen LogP contribution < -0.4 is 0 Å². The first-order chi connectivity index (χ1) is 6.97. The highest BCUT2D eigenvalue weighted by molar-refractivity contribution is 5.47. The number of nitro groups is 1. The Morgan fingerprint density at radius 3 is 2.67 bits per heavy atom. The smallest absolute Gasteiger partial charge is 0.258 e. The summed E-state index contributed by atoms with van der Waals surface area (Å²) >= 11 is 0. The van der Waals surface area contributed by atoms with E-state index in [1.54, 1.807) is 0 Å². The molecule has 15 heavy (non-hydrogen) atoms. The van der Waals surface area contributed by atoms with Gasteiger partial charge in [-0.2, -0.15) is 5.26 Å². The topological polar surface area (TPSA) is 79.8 Å². The first kappa shape index (κ1) is 11.0. The molecule has 1 aromatic rings. The summed E-state index contributed by atoms with van der Waals surface area (Å²) in [5.74, 6) is 0. The van der Waals surface area contributed by atoms with Crippen LogP contribution in [-0.2, 0) is 0 Å². The molecule has 0 aliphatic carbocycles. The Balaban J connectivity index is 3.44. The Morgan fingerprint density at radius 2 is 2.27 bits per heavy atom. The molecule has 5 nitrogen and oxygen atoms in total. The lowest BCUT2D eigenvalue weighted by molar-refractivity contribution is -0.385. The SMILES string of the molecule is Cc1cc([N+](=O)[O-])c(C#N)nc1C(F)F. The molecule has 1 rings (SSSR count). The normalized spacial score (nSPS) is 10.1. The molecule has 0 spiro atoms. The highest BCUT2D eigenvalue weighted by Crippen LogP contribution is 2.25. The largest absolute Gasteiger partial charge is 0.305 e. The van der Waals surface area contributed by atoms with Gasteiger partial charge in [-0.1, -0.05) is 0 Å². The second-order valence-corrected chi connectivity index (χ2v) is 2.73. The number of aromatic nitrogens is 1. The average molecular weight is 213 g/mol. The summed E-state index contributed by atoms with van der Waals surface area (Å²) in [6, 6.07) is 2.34. The Kier molecular flexibility index (Phi) is 2.90.